The maximum Gasteiger partial charge on any atom is 0.161 e. The van der Waals surface area contributed by atoms with Gasteiger partial charge in [-0.1, -0.05) is 12.1 Å². The van der Waals surface area contributed by atoms with E-state index in [1.165, 1.54) is 12.1 Å². The lowest BCUT2D eigenvalue weighted by Crippen LogP contribution is -1.96. The second kappa shape index (κ2) is 5.10. The van der Waals surface area contributed by atoms with Crippen LogP contribution < -0.4 is 0 Å². The van der Waals surface area contributed by atoms with Gasteiger partial charge < -0.3 is 10.2 Å². The molecule has 0 saturated heterocycles. The molecule has 0 aliphatic heterocycles. The lowest BCUT2D eigenvalue weighted by molar-refractivity contribution is 0.282. The van der Waals surface area contributed by atoms with E-state index in [1.54, 1.807) is 18.2 Å². The van der Waals surface area contributed by atoms with E-state index in [9.17, 15) is 19.0 Å². The van der Waals surface area contributed by atoms with Crippen molar-refractivity contribution in [2.75, 3.05) is 0 Å². The SMILES string of the molecule is OCc1cc2cc(F)c(F)cc2nc1-c1ccccc1O. The first-order chi connectivity index (χ1) is 10.1. The van der Waals surface area contributed by atoms with Crippen LogP contribution in [0, 0.1) is 11.6 Å². The van der Waals surface area contributed by atoms with Crippen LogP contribution in [0.3, 0.4) is 0 Å². The number of para-hydroxylation sites is 1. The molecular formula is C16H11F2NO2. The summed E-state index contributed by atoms with van der Waals surface area (Å²) in [7, 11) is 0. The summed E-state index contributed by atoms with van der Waals surface area (Å²) in [4.78, 5) is 4.25. The highest BCUT2D eigenvalue weighted by Crippen LogP contribution is 2.32. The van der Waals surface area contributed by atoms with Crippen LogP contribution >= 0.6 is 0 Å². The van der Waals surface area contributed by atoms with E-state index >= 15 is 0 Å². The number of halogens is 2. The molecule has 5 heteroatoms. The Hall–Kier alpha value is -2.53. The summed E-state index contributed by atoms with van der Waals surface area (Å²) in [5.74, 6) is -1.96. The number of aromatic nitrogens is 1. The van der Waals surface area contributed by atoms with Gasteiger partial charge in [-0.15, -0.1) is 0 Å². The number of phenols is 1. The van der Waals surface area contributed by atoms with E-state index in [-0.39, 0.29) is 17.9 Å². The maximum absolute atomic E-state index is 13.3. The molecule has 2 N–H and O–H groups in total. The van der Waals surface area contributed by atoms with Crippen LogP contribution in [0.15, 0.2) is 42.5 Å². The molecule has 0 saturated carbocycles. The van der Waals surface area contributed by atoms with Crippen molar-refractivity contribution in [3.05, 3.63) is 59.7 Å². The number of phenolic OH excluding ortho intramolecular Hbond substituents is 1. The largest absolute Gasteiger partial charge is 0.507 e. The van der Waals surface area contributed by atoms with Crippen LogP contribution in [0.1, 0.15) is 5.56 Å². The van der Waals surface area contributed by atoms with E-state index in [2.05, 4.69) is 4.98 Å². The topological polar surface area (TPSA) is 53.4 Å². The third-order valence-corrected chi connectivity index (χ3v) is 3.27. The molecule has 0 radical (unpaired) electrons. The van der Waals surface area contributed by atoms with Crippen molar-refractivity contribution < 1.29 is 19.0 Å². The van der Waals surface area contributed by atoms with Gasteiger partial charge in [0.15, 0.2) is 11.6 Å². The molecule has 1 heterocycles. The number of benzene rings is 2. The van der Waals surface area contributed by atoms with Gasteiger partial charge in [0.25, 0.3) is 0 Å². The van der Waals surface area contributed by atoms with Gasteiger partial charge in [-0.3, -0.25) is 0 Å². The van der Waals surface area contributed by atoms with Crippen molar-refractivity contribution in [3.8, 4) is 17.0 Å². The molecule has 0 atom stereocenters. The Labute approximate surface area is 119 Å². The van der Waals surface area contributed by atoms with Crippen molar-refractivity contribution in [3.63, 3.8) is 0 Å². The van der Waals surface area contributed by atoms with Crippen molar-refractivity contribution >= 4 is 10.9 Å². The minimum absolute atomic E-state index is 0.00151. The standard InChI is InChI=1S/C16H11F2NO2/c17-12-6-9-5-10(8-20)16(19-14(9)7-13(12)18)11-3-1-2-4-15(11)21/h1-7,20-21H,8H2. The molecule has 0 fully saturated rings. The van der Waals surface area contributed by atoms with Crippen LogP contribution in [0.25, 0.3) is 22.2 Å². The summed E-state index contributed by atoms with van der Waals surface area (Å²) in [5, 5.41) is 19.7. The molecule has 0 amide bonds. The molecule has 0 unspecified atom stereocenters. The molecule has 1 aromatic heterocycles. The Bertz CT molecular complexity index is 834. The molecule has 3 rings (SSSR count). The van der Waals surface area contributed by atoms with Crippen LogP contribution in [0.4, 0.5) is 8.78 Å². The Morgan fingerprint density at radius 2 is 1.71 bits per heavy atom. The summed E-state index contributed by atoms with van der Waals surface area (Å²) in [5.41, 5.74) is 1.45. The van der Waals surface area contributed by atoms with Crippen LogP contribution in [-0.4, -0.2) is 15.2 Å². The fraction of sp³-hybridized carbons (Fsp3) is 0.0625. The lowest BCUT2D eigenvalue weighted by atomic mass is 10.0. The zero-order valence-corrected chi connectivity index (χ0v) is 10.8. The molecule has 0 aliphatic rings. The fourth-order valence-corrected chi connectivity index (χ4v) is 2.24. The fourth-order valence-electron chi connectivity index (χ4n) is 2.24. The van der Waals surface area contributed by atoms with Gasteiger partial charge in [0.1, 0.15) is 5.75 Å². The number of fused-ring (bicyclic) bond motifs is 1. The molecule has 3 nitrogen and oxygen atoms in total. The predicted molar refractivity (Wildman–Crippen MR) is 74.7 cm³/mol. The van der Waals surface area contributed by atoms with Gasteiger partial charge >= 0.3 is 0 Å². The molecule has 0 aliphatic carbocycles. The molecule has 106 valence electrons. The van der Waals surface area contributed by atoms with Gasteiger partial charge in [-0.2, -0.15) is 0 Å². The first-order valence-electron chi connectivity index (χ1n) is 6.28. The van der Waals surface area contributed by atoms with Crippen LogP contribution in [-0.2, 0) is 6.61 Å². The first-order valence-corrected chi connectivity index (χ1v) is 6.28. The van der Waals surface area contributed by atoms with Gasteiger partial charge in [0, 0.05) is 22.6 Å². The maximum atomic E-state index is 13.3. The quantitative estimate of drug-likeness (QED) is 0.759. The number of nitrogens with zero attached hydrogens (tertiary/aromatic N) is 1. The second-order valence-corrected chi connectivity index (χ2v) is 4.63. The zero-order valence-electron chi connectivity index (χ0n) is 10.8. The minimum Gasteiger partial charge on any atom is -0.507 e. The monoisotopic (exact) mass is 287 g/mol. The highest BCUT2D eigenvalue weighted by molar-refractivity contribution is 5.84. The third kappa shape index (κ3) is 2.32. The molecule has 21 heavy (non-hydrogen) atoms. The predicted octanol–water partition coefficient (Wildman–Crippen LogP) is 3.38. The average Bonchev–Trinajstić information content (AvgIpc) is 2.48. The summed E-state index contributed by atoms with van der Waals surface area (Å²) >= 11 is 0. The first kappa shape index (κ1) is 13.5. The minimum atomic E-state index is -0.991. The molecule has 3 aromatic rings. The number of hydrogen-bond donors (Lipinski definition) is 2. The smallest absolute Gasteiger partial charge is 0.161 e. The van der Waals surface area contributed by atoms with Gasteiger partial charge in [0.2, 0.25) is 0 Å². The molecular weight excluding hydrogens is 276 g/mol. The van der Waals surface area contributed by atoms with Gasteiger partial charge in [0.05, 0.1) is 17.8 Å². The summed E-state index contributed by atoms with van der Waals surface area (Å²) in [6, 6.07) is 10.1. The van der Waals surface area contributed by atoms with E-state index in [1.807, 2.05) is 0 Å². The van der Waals surface area contributed by atoms with Crippen LogP contribution in [0.5, 0.6) is 5.75 Å². The second-order valence-electron chi connectivity index (χ2n) is 4.63. The van der Waals surface area contributed by atoms with Crippen molar-refractivity contribution in [2.45, 2.75) is 6.61 Å². The summed E-state index contributed by atoms with van der Waals surface area (Å²) in [6.07, 6.45) is 0. The van der Waals surface area contributed by atoms with E-state index in [0.717, 1.165) is 12.1 Å². The zero-order chi connectivity index (χ0) is 15.0. The Morgan fingerprint density at radius 1 is 1.00 bits per heavy atom. The number of hydrogen-bond acceptors (Lipinski definition) is 3. The Kier molecular flexibility index (Phi) is 3.27. The number of aromatic hydroxyl groups is 1. The lowest BCUT2D eigenvalue weighted by Gasteiger charge is -2.10. The summed E-state index contributed by atoms with van der Waals surface area (Å²) < 4.78 is 26.6. The van der Waals surface area contributed by atoms with E-state index < -0.39 is 11.6 Å². The van der Waals surface area contributed by atoms with Gasteiger partial charge in [-0.25, -0.2) is 13.8 Å². The highest BCUT2D eigenvalue weighted by atomic mass is 19.2. The van der Waals surface area contributed by atoms with E-state index in [4.69, 9.17) is 0 Å². The van der Waals surface area contributed by atoms with Crippen LogP contribution in [0.2, 0.25) is 0 Å². The number of aliphatic hydroxyl groups excluding tert-OH is 1. The van der Waals surface area contributed by atoms with Crippen molar-refractivity contribution in [1.82, 2.24) is 4.98 Å². The third-order valence-electron chi connectivity index (χ3n) is 3.27. The number of rotatable bonds is 2. The number of aliphatic hydroxyl groups is 1. The van der Waals surface area contributed by atoms with Crippen molar-refractivity contribution in [1.29, 1.82) is 0 Å². The van der Waals surface area contributed by atoms with E-state index in [0.29, 0.717) is 22.2 Å². The molecule has 2 aromatic carbocycles. The highest BCUT2D eigenvalue weighted by Gasteiger charge is 2.13. The number of pyridine rings is 1. The Morgan fingerprint density at radius 3 is 2.43 bits per heavy atom. The van der Waals surface area contributed by atoms with Gasteiger partial charge in [-0.05, 0) is 24.3 Å². The average molecular weight is 287 g/mol. The Balaban J connectivity index is 2.32. The molecule has 0 spiro atoms. The molecule has 0 bridgehead atoms. The van der Waals surface area contributed by atoms with Crippen molar-refractivity contribution in [2.24, 2.45) is 0 Å². The normalized spacial score (nSPS) is 11.0. The summed E-state index contributed by atoms with van der Waals surface area (Å²) in [6.45, 7) is -0.328.